The minimum atomic E-state index is 0.667. The number of halogens is 1. The van der Waals surface area contributed by atoms with Crippen LogP contribution in [0.2, 0.25) is 5.02 Å². The van der Waals surface area contributed by atoms with Gasteiger partial charge >= 0.3 is 0 Å². The molecule has 0 aliphatic carbocycles. The van der Waals surface area contributed by atoms with E-state index < -0.39 is 0 Å². The minimum absolute atomic E-state index is 0.667. The Morgan fingerprint density at radius 3 is 2.09 bits per heavy atom. The van der Waals surface area contributed by atoms with Crippen molar-refractivity contribution in [3.63, 3.8) is 0 Å². The number of aryl methyl sites for hydroxylation is 3. The third-order valence-corrected chi connectivity index (χ3v) is 4.27. The van der Waals surface area contributed by atoms with Gasteiger partial charge in [0.15, 0.2) is 0 Å². The van der Waals surface area contributed by atoms with E-state index >= 15 is 0 Å². The molecular weight excluding hydrogens is 308 g/mol. The lowest BCUT2D eigenvalue weighted by Crippen LogP contribution is -2.23. The molecule has 0 atom stereocenters. The van der Waals surface area contributed by atoms with Crippen LogP contribution in [0.15, 0.2) is 18.2 Å². The van der Waals surface area contributed by atoms with Gasteiger partial charge < -0.3 is 9.64 Å². The van der Waals surface area contributed by atoms with Crippen LogP contribution in [-0.4, -0.2) is 18.1 Å². The lowest BCUT2D eigenvalue weighted by atomic mass is 10.1. The van der Waals surface area contributed by atoms with Gasteiger partial charge in [0, 0.05) is 35.1 Å². The number of hydrogen-bond donors (Lipinski definition) is 0. The average Bonchev–Trinajstić information content (AvgIpc) is 2.48. The molecule has 0 N–H and O–H groups in total. The van der Waals surface area contributed by atoms with Crippen LogP contribution in [0.5, 0.6) is 11.6 Å². The minimum Gasteiger partial charge on any atom is -0.438 e. The Labute approximate surface area is 144 Å². The Morgan fingerprint density at radius 2 is 1.57 bits per heavy atom. The van der Waals surface area contributed by atoms with Crippen molar-refractivity contribution < 1.29 is 4.74 Å². The molecule has 23 heavy (non-hydrogen) atoms. The third-order valence-electron chi connectivity index (χ3n) is 4.06. The van der Waals surface area contributed by atoms with Gasteiger partial charge in [0.25, 0.3) is 0 Å². The van der Waals surface area contributed by atoms with Crippen LogP contribution >= 0.6 is 11.6 Å². The zero-order valence-electron chi connectivity index (χ0n) is 14.8. The largest absolute Gasteiger partial charge is 0.438 e. The highest BCUT2D eigenvalue weighted by Crippen LogP contribution is 2.35. The molecule has 0 amide bonds. The van der Waals surface area contributed by atoms with Gasteiger partial charge in [-0.3, -0.25) is 0 Å². The first-order valence-corrected chi connectivity index (χ1v) is 8.42. The first-order chi connectivity index (χ1) is 10.9. The normalized spacial score (nSPS) is 10.7. The van der Waals surface area contributed by atoms with Gasteiger partial charge in [-0.25, -0.2) is 4.98 Å². The lowest BCUT2D eigenvalue weighted by Gasteiger charge is -2.25. The molecule has 0 unspecified atom stereocenters. The molecule has 0 bridgehead atoms. The fraction of sp³-hybridized carbons (Fsp3) is 0.421. The quantitative estimate of drug-likeness (QED) is 0.711. The van der Waals surface area contributed by atoms with Gasteiger partial charge in [-0.1, -0.05) is 11.6 Å². The van der Waals surface area contributed by atoms with Crippen molar-refractivity contribution in [1.82, 2.24) is 4.98 Å². The van der Waals surface area contributed by atoms with E-state index in [-0.39, 0.29) is 0 Å². The smallest absolute Gasteiger partial charge is 0.224 e. The summed E-state index contributed by atoms with van der Waals surface area (Å²) in [5.74, 6) is 1.50. The molecule has 4 heteroatoms. The molecule has 1 heterocycles. The Morgan fingerprint density at radius 1 is 1.00 bits per heavy atom. The Hall–Kier alpha value is -1.74. The highest BCUT2D eigenvalue weighted by atomic mass is 35.5. The molecule has 0 aliphatic heterocycles. The number of ether oxygens (including phenoxy) is 1. The molecule has 124 valence electrons. The predicted octanol–water partition coefficient (Wildman–Crippen LogP) is 5.61. The molecule has 2 rings (SSSR count). The van der Waals surface area contributed by atoms with Crippen molar-refractivity contribution >= 4 is 17.3 Å². The molecule has 0 saturated carbocycles. The van der Waals surface area contributed by atoms with Crippen LogP contribution in [0.25, 0.3) is 0 Å². The number of aromatic nitrogens is 1. The van der Waals surface area contributed by atoms with E-state index in [0.29, 0.717) is 5.88 Å². The standard InChI is InChI=1S/C19H25ClN2O/c1-7-22(8-2)17-11-14(5)21-19(15(17)6)23-18-12(3)9-16(20)10-13(18)4/h9-11H,7-8H2,1-6H3. The molecule has 3 nitrogen and oxygen atoms in total. The van der Waals surface area contributed by atoms with Crippen molar-refractivity contribution in [1.29, 1.82) is 0 Å². The summed E-state index contributed by atoms with van der Waals surface area (Å²) in [7, 11) is 0. The number of anilines is 1. The molecule has 0 saturated heterocycles. The summed E-state index contributed by atoms with van der Waals surface area (Å²) in [5, 5.41) is 0.727. The van der Waals surface area contributed by atoms with Gasteiger partial charge in [0.1, 0.15) is 5.75 Å². The predicted molar refractivity (Wildman–Crippen MR) is 98.3 cm³/mol. The van der Waals surface area contributed by atoms with E-state index in [9.17, 15) is 0 Å². The first-order valence-electron chi connectivity index (χ1n) is 8.05. The van der Waals surface area contributed by atoms with Gasteiger partial charge in [0.05, 0.1) is 0 Å². The van der Waals surface area contributed by atoms with Crippen molar-refractivity contribution in [3.05, 3.63) is 45.6 Å². The van der Waals surface area contributed by atoms with Crippen LogP contribution in [0, 0.1) is 27.7 Å². The molecule has 0 radical (unpaired) electrons. The van der Waals surface area contributed by atoms with Crippen LogP contribution in [0.1, 0.15) is 36.2 Å². The van der Waals surface area contributed by atoms with Crippen LogP contribution in [0.3, 0.4) is 0 Å². The first kappa shape index (κ1) is 17.6. The second kappa shape index (κ2) is 7.22. The van der Waals surface area contributed by atoms with Crippen molar-refractivity contribution in [2.24, 2.45) is 0 Å². The zero-order valence-corrected chi connectivity index (χ0v) is 15.6. The molecule has 1 aromatic heterocycles. The summed E-state index contributed by atoms with van der Waals surface area (Å²) in [6.07, 6.45) is 0. The van der Waals surface area contributed by atoms with E-state index in [2.05, 4.69) is 36.7 Å². The topological polar surface area (TPSA) is 25.4 Å². The molecule has 0 aliphatic rings. The van der Waals surface area contributed by atoms with E-state index in [1.165, 1.54) is 5.69 Å². The zero-order chi connectivity index (χ0) is 17.1. The molecule has 2 aromatic rings. The van der Waals surface area contributed by atoms with E-state index in [1.54, 1.807) is 0 Å². The second-order valence-electron chi connectivity index (χ2n) is 5.86. The number of pyridine rings is 1. The number of rotatable bonds is 5. The van der Waals surface area contributed by atoms with Gasteiger partial charge in [-0.15, -0.1) is 0 Å². The summed E-state index contributed by atoms with van der Waals surface area (Å²) >= 11 is 6.11. The SMILES string of the molecule is CCN(CC)c1cc(C)nc(Oc2c(C)cc(Cl)cc2C)c1C. The Kier molecular flexibility index (Phi) is 5.53. The highest BCUT2D eigenvalue weighted by Gasteiger charge is 2.15. The summed E-state index contributed by atoms with van der Waals surface area (Å²) in [6.45, 7) is 14.3. The summed E-state index contributed by atoms with van der Waals surface area (Å²) in [6, 6.07) is 5.96. The number of benzene rings is 1. The fourth-order valence-corrected chi connectivity index (χ4v) is 3.17. The van der Waals surface area contributed by atoms with Crippen molar-refractivity contribution in [2.75, 3.05) is 18.0 Å². The monoisotopic (exact) mass is 332 g/mol. The third kappa shape index (κ3) is 3.78. The van der Waals surface area contributed by atoms with Gasteiger partial charge in [-0.2, -0.15) is 0 Å². The summed E-state index contributed by atoms with van der Waals surface area (Å²) in [5.41, 5.74) is 5.23. The lowest BCUT2D eigenvalue weighted by molar-refractivity contribution is 0.451. The van der Waals surface area contributed by atoms with Crippen LogP contribution in [-0.2, 0) is 0 Å². The Balaban J connectivity index is 2.49. The van der Waals surface area contributed by atoms with E-state index in [1.807, 2.05) is 32.9 Å². The fourth-order valence-electron chi connectivity index (χ4n) is 2.84. The molecular formula is C19H25ClN2O. The molecule has 0 spiro atoms. The van der Waals surface area contributed by atoms with Gasteiger partial charge in [0.2, 0.25) is 5.88 Å². The average molecular weight is 333 g/mol. The highest BCUT2D eigenvalue weighted by molar-refractivity contribution is 6.30. The summed E-state index contributed by atoms with van der Waals surface area (Å²) in [4.78, 5) is 6.92. The maximum Gasteiger partial charge on any atom is 0.224 e. The molecule has 1 aromatic carbocycles. The molecule has 0 fully saturated rings. The van der Waals surface area contributed by atoms with E-state index in [4.69, 9.17) is 16.3 Å². The van der Waals surface area contributed by atoms with Crippen molar-refractivity contribution in [2.45, 2.75) is 41.5 Å². The Bertz CT molecular complexity index is 686. The van der Waals surface area contributed by atoms with Gasteiger partial charge in [-0.05, 0) is 70.9 Å². The van der Waals surface area contributed by atoms with E-state index in [0.717, 1.165) is 46.2 Å². The van der Waals surface area contributed by atoms with Crippen molar-refractivity contribution in [3.8, 4) is 11.6 Å². The second-order valence-corrected chi connectivity index (χ2v) is 6.29. The number of hydrogen-bond acceptors (Lipinski definition) is 3. The maximum atomic E-state index is 6.19. The number of nitrogens with zero attached hydrogens (tertiary/aromatic N) is 2. The van der Waals surface area contributed by atoms with Crippen LogP contribution in [0.4, 0.5) is 5.69 Å². The summed E-state index contributed by atoms with van der Waals surface area (Å²) < 4.78 is 6.19. The van der Waals surface area contributed by atoms with Crippen LogP contribution < -0.4 is 9.64 Å². The maximum absolute atomic E-state index is 6.19.